The molecule has 0 radical (unpaired) electrons. The summed E-state index contributed by atoms with van der Waals surface area (Å²) in [4.78, 5) is 12.2. The molecule has 0 saturated carbocycles. The molecule has 0 aliphatic heterocycles. The fourth-order valence-electron chi connectivity index (χ4n) is 2.79. The van der Waals surface area contributed by atoms with Gasteiger partial charge in [0.2, 0.25) is 5.91 Å². The molecule has 2 N–H and O–H groups in total. The van der Waals surface area contributed by atoms with E-state index >= 15 is 0 Å². The zero-order valence-electron chi connectivity index (χ0n) is 17.3. The number of amides is 1. The van der Waals surface area contributed by atoms with Crippen LogP contribution in [-0.2, 0) is 14.8 Å². The molecular formula is C23H21ClN2O5S. The van der Waals surface area contributed by atoms with Gasteiger partial charge in [-0.2, -0.15) is 0 Å². The number of halogens is 1. The molecule has 32 heavy (non-hydrogen) atoms. The lowest BCUT2D eigenvalue weighted by Gasteiger charge is -2.11. The summed E-state index contributed by atoms with van der Waals surface area (Å²) in [6, 6.07) is 17.8. The smallest absolute Gasteiger partial charge is 0.262 e. The molecule has 0 fully saturated rings. The van der Waals surface area contributed by atoms with E-state index in [1.54, 1.807) is 60.7 Å². The maximum Gasteiger partial charge on any atom is 0.262 e. The van der Waals surface area contributed by atoms with Crippen LogP contribution in [0.1, 0.15) is 5.56 Å². The first-order valence-electron chi connectivity index (χ1n) is 9.41. The lowest BCUT2D eigenvalue weighted by molar-refractivity contribution is -0.111. The van der Waals surface area contributed by atoms with Crippen LogP contribution in [0.2, 0.25) is 5.02 Å². The van der Waals surface area contributed by atoms with Crippen molar-refractivity contribution in [3.8, 4) is 11.5 Å². The number of anilines is 2. The first kappa shape index (κ1) is 23.2. The maximum absolute atomic E-state index is 12.7. The van der Waals surface area contributed by atoms with Crippen LogP contribution in [0, 0.1) is 0 Å². The Kier molecular flexibility index (Phi) is 7.40. The number of para-hydroxylation sites is 2. The molecule has 0 aliphatic carbocycles. The van der Waals surface area contributed by atoms with Gasteiger partial charge in [-0.15, -0.1) is 0 Å². The highest BCUT2D eigenvalue weighted by molar-refractivity contribution is 7.92. The van der Waals surface area contributed by atoms with Crippen molar-refractivity contribution in [2.24, 2.45) is 0 Å². The lowest BCUT2D eigenvalue weighted by atomic mass is 10.2. The molecule has 3 aromatic rings. The van der Waals surface area contributed by atoms with Crippen LogP contribution in [0.3, 0.4) is 0 Å². The standard InChI is InChI=1S/C23H21ClN2O5S/c1-30-21-13-10-17(15-19(21)24)25-23(27)14-9-16-7-11-18(12-8-16)32(28,29)26-20-5-3-4-6-22(20)31-2/h3-15,26H,1-2H3,(H,25,27)/b14-9+. The van der Waals surface area contributed by atoms with Crippen LogP contribution >= 0.6 is 11.6 Å². The summed E-state index contributed by atoms with van der Waals surface area (Å²) in [5.74, 6) is 0.566. The number of methoxy groups -OCH3 is 2. The summed E-state index contributed by atoms with van der Waals surface area (Å²) in [5.41, 5.74) is 1.52. The molecule has 0 aromatic heterocycles. The molecule has 3 rings (SSSR count). The van der Waals surface area contributed by atoms with E-state index in [1.807, 2.05) is 0 Å². The van der Waals surface area contributed by atoms with E-state index in [4.69, 9.17) is 21.1 Å². The van der Waals surface area contributed by atoms with Gasteiger partial charge in [-0.1, -0.05) is 35.9 Å². The number of benzene rings is 3. The molecule has 7 nitrogen and oxygen atoms in total. The molecule has 0 spiro atoms. The minimum absolute atomic E-state index is 0.0814. The van der Waals surface area contributed by atoms with Gasteiger partial charge in [0, 0.05) is 11.8 Å². The molecule has 0 aliphatic rings. The van der Waals surface area contributed by atoms with Gasteiger partial charge in [-0.05, 0) is 54.1 Å². The summed E-state index contributed by atoms with van der Waals surface area (Å²) in [6.07, 6.45) is 2.92. The van der Waals surface area contributed by atoms with E-state index in [9.17, 15) is 13.2 Å². The molecule has 3 aromatic carbocycles. The van der Waals surface area contributed by atoms with Crippen molar-refractivity contribution >= 4 is 45.0 Å². The Morgan fingerprint density at radius 2 is 1.62 bits per heavy atom. The molecule has 0 unspecified atom stereocenters. The maximum atomic E-state index is 12.7. The Balaban J connectivity index is 1.66. The molecular weight excluding hydrogens is 452 g/mol. The average molecular weight is 473 g/mol. The third kappa shape index (κ3) is 5.81. The largest absolute Gasteiger partial charge is 0.495 e. The van der Waals surface area contributed by atoms with E-state index < -0.39 is 10.0 Å². The summed E-state index contributed by atoms with van der Waals surface area (Å²) in [5, 5.41) is 3.08. The third-order valence-electron chi connectivity index (χ3n) is 4.39. The first-order chi connectivity index (χ1) is 15.3. The number of carbonyl (C=O) groups excluding carboxylic acids is 1. The van der Waals surface area contributed by atoms with Gasteiger partial charge >= 0.3 is 0 Å². The fourth-order valence-corrected chi connectivity index (χ4v) is 4.12. The van der Waals surface area contributed by atoms with Gasteiger partial charge in [-0.25, -0.2) is 8.42 Å². The SMILES string of the molecule is COc1ccc(NC(=O)/C=C/c2ccc(S(=O)(=O)Nc3ccccc3OC)cc2)cc1Cl. The summed E-state index contributed by atoms with van der Waals surface area (Å²) < 4.78 is 38.1. The van der Waals surface area contributed by atoms with Gasteiger partial charge in [0.25, 0.3) is 10.0 Å². The van der Waals surface area contributed by atoms with Gasteiger partial charge < -0.3 is 14.8 Å². The van der Waals surface area contributed by atoms with Crippen molar-refractivity contribution < 1.29 is 22.7 Å². The Morgan fingerprint density at radius 3 is 2.28 bits per heavy atom. The molecule has 0 saturated heterocycles. The number of nitrogens with one attached hydrogen (secondary N) is 2. The normalized spacial score (nSPS) is 11.2. The minimum atomic E-state index is -3.80. The van der Waals surface area contributed by atoms with Gasteiger partial charge in [0.1, 0.15) is 11.5 Å². The van der Waals surface area contributed by atoms with Crippen molar-refractivity contribution in [1.82, 2.24) is 0 Å². The number of rotatable bonds is 8. The second-order valence-corrected chi connectivity index (χ2v) is 8.64. The number of hydrogen-bond acceptors (Lipinski definition) is 5. The van der Waals surface area contributed by atoms with Crippen molar-refractivity contribution in [3.63, 3.8) is 0 Å². The number of sulfonamides is 1. The van der Waals surface area contributed by atoms with Crippen LogP contribution in [0.4, 0.5) is 11.4 Å². The predicted octanol–water partition coefficient (Wildman–Crippen LogP) is 4.81. The second kappa shape index (κ2) is 10.2. The number of hydrogen-bond donors (Lipinski definition) is 2. The topological polar surface area (TPSA) is 93.7 Å². The highest BCUT2D eigenvalue weighted by Gasteiger charge is 2.16. The molecule has 0 atom stereocenters. The van der Waals surface area contributed by atoms with Crippen molar-refractivity contribution in [2.45, 2.75) is 4.90 Å². The zero-order chi connectivity index (χ0) is 23.1. The van der Waals surface area contributed by atoms with E-state index in [0.29, 0.717) is 33.5 Å². The van der Waals surface area contributed by atoms with Crippen LogP contribution in [0.25, 0.3) is 6.08 Å². The van der Waals surface area contributed by atoms with Crippen molar-refractivity contribution in [2.75, 3.05) is 24.3 Å². The summed E-state index contributed by atoms with van der Waals surface area (Å²) in [7, 11) is -0.827. The Morgan fingerprint density at radius 1 is 0.938 bits per heavy atom. The number of ether oxygens (including phenoxy) is 2. The summed E-state index contributed by atoms with van der Waals surface area (Å²) >= 11 is 6.05. The average Bonchev–Trinajstić information content (AvgIpc) is 2.78. The van der Waals surface area contributed by atoms with Gasteiger partial charge in [0.15, 0.2) is 0 Å². The quantitative estimate of drug-likeness (QED) is 0.459. The molecule has 0 heterocycles. The summed E-state index contributed by atoms with van der Waals surface area (Å²) in [6.45, 7) is 0. The van der Waals surface area contributed by atoms with E-state index in [1.165, 1.54) is 32.4 Å². The molecule has 1 amide bonds. The highest BCUT2D eigenvalue weighted by Crippen LogP contribution is 2.28. The monoisotopic (exact) mass is 472 g/mol. The minimum Gasteiger partial charge on any atom is -0.495 e. The zero-order valence-corrected chi connectivity index (χ0v) is 18.9. The Bertz CT molecular complexity index is 1240. The third-order valence-corrected chi connectivity index (χ3v) is 6.06. The Labute approximate surface area is 191 Å². The molecule has 9 heteroatoms. The predicted molar refractivity (Wildman–Crippen MR) is 126 cm³/mol. The molecule has 0 bridgehead atoms. The fraction of sp³-hybridized carbons (Fsp3) is 0.0870. The molecule has 166 valence electrons. The van der Waals surface area contributed by atoms with Crippen LogP contribution < -0.4 is 19.5 Å². The highest BCUT2D eigenvalue weighted by atomic mass is 35.5. The lowest BCUT2D eigenvalue weighted by Crippen LogP contribution is -2.13. The van der Waals surface area contributed by atoms with Crippen LogP contribution in [0.5, 0.6) is 11.5 Å². The van der Waals surface area contributed by atoms with Crippen LogP contribution in [0.15, 0.2) is 77.7 Å². The van der Waals surface area contributed by atoms with E-state index in [0.717, 1.165) is 0 Å². The van der Waals surface area contributed by atoms with Crippen molar-refractivity contribution in [3.05, 3.63) is 83.4 Å². The first-order valence-corrected chi connectivity index (χ1v) is 11.3. The van der Waals surface area contributed by atoms with E-state index in [2.05, 4.69) is 10.0 Å². The van der Waals surface area contributed by atoms with Crippen molar-refractivity contribution in [1.29, 1.82) is 0 Å². The number of carbonyl (C=O) groups is 1. The van der Waals surface area contributed by atoms with Gasteiger partial charge in [-0.3, -0.25) is 9.52 Å². The van der Waals surface area contributed by atoms with E-state index in [-0.39, 0.29) is 10.8 Å². The Hall–Kier alpha value is -3.49. The second-order valence-electron chi connectivity index (χ2n) is 6.55. The van der Waals surface area contributed by atoms with Gasteiger partial charge in [0.05, 0.1) is 29.8 Å². The van der Waals surface area contributed by atoms with Crippen LogP contribution in [-0.4, -0.2) is 28.5 Å².